The van der Waals surface area contributed by atoms with Crippen LogP contribution in [0.1, 0.15) is 50.8 Å². The first kappa shape index (κ1) is 29.8. The molecule has 3 atom stereocenters. The average Bonchev–Trinajstić information content (AvgIpc) is 3.30. The molecule has 0 saturated carbocycles. The number of halogens is 1. The molecule has 39 heavy (non-hydrogen) atoms. The maximum absolute atomic E-state index is 13.5. The molecule has 1 saturated heterocycles. The molecule has 1 heterocycles. The fourth-order valence-corrected chi connectivity index (χ4v) is 4.41. The Kier molecular flexibility index (Phi) is 9.80. The molecule has 0 radical (unpaired) electrons. The second kappa shape index (κ2) is 12.8. The zero-order valence-corrected chi connectivity index (χ0v) is 23.2. The van der Waals surface area contributed by atoms with E-state index in [1.165, 1.54) is 16.8 Å². The molecule has 10 nitrogen and oxygen atoms in total. The van der Waals surface area contributed by atoms with Crippen molar-refractivity contribution in [3.05, 3.63) is 70.7 Å². The summed E-state index contributed by atoms with van der Waals surface area (Å²) in [6.45, 7) is 5.26. The molecular weight excluding hydrogens is 526 g/mol. The molecule has 0 bridgehead atoms. The molecule has 2 N–H and O–H groups in total. The SMILES string of the molecule is CN(C(=O)OC(C)(C)C)[C@H](CC(=O)N1CC(NC(=O)OCc2ccccc2)CC1C(=O)O)c1ccc(Cl)cc1. The number of amides is 3. The maximum atomic E-state index is 13.5. The largest absolute Gasteiger partial charge is 0.480 e. The Hall–Kier alpha value is -3.79. The molecule has 0 aromatic heterocycles. The fraction of sp³-hybridized carbons (Fsp3) is 0.429. The van der Waals surface area contributed by atoms with E-state index < -0.39 is 47.8 Å². The number of carboxylic acids is 1. The van der Waals surface area contributed by atoms with Crippen molar-refractivity contribution >= 4 is 35.7 Å². The summed E-state index contributed by atoms with van der Waals surface area (Å²) < 4.78 is 10.7. The van der Waals surface area contributed by atoms with Gasteiger partial charge in [0.25, 0.3) is 0 Å². The van der Waals surface area contributed by atoms with Crippen LogP contribution in [-0.4, -0.2) is 70.2 Å². The van der Waals surface area contributed by atoms with Crippen molar-refractivity contribution in [3.63, 3.8) is 0 Å². The minimum atomic E-state index is -1.19. The van der Waals surface area contributed by atoms with Gasteiger partial charge in [0.15, 0.2) is 0 Å². The van der Waals surface area contributed by atoms with Crippen molar-refractivity contribution in [2.45, 2.75) is 63.9 Å². The third kappa shape index (κ3) is 8.61. The molecule has 2 aromatic carbocycles. The molecule has 1 aliphatic heterocycles. The number of alkyl carbamates (subject to hydrolysis) is 1. The molecule has 0 aliphatic carbocycles. The number of ether oxygens (including phenoxy) is 2. The maximum Gasteiger partial charge on any atom is 0.410 e. The Morgan fingerprint density at radius 3 is 2.33 bits per heavy atom. The van der Waals surface area contributed by atoms with Gasteiger partial charge in [-0.3, -0.25) is 4.79 Å². The van der Waals surface area contributed by atoms with Crippen LogP contribution in [0.3, 0.4) is 0 Å². The minimum Gasteiger partial charge on any atom is -0.480 e. The van der Waals surface area contributed by atoms with Gasteiger partial charge in [0.2, 0.25) is 5.91 Å². The number of carboxylic acid groups (broad SMARTS) is 1. The number of hydrogen-bond acceptors (Lipinski definition) is 6. The number of hydrogen-bond donors (Lipinski definition) is 2. The predicted octanol–water partition coefficient (Wildman–Crippen LogP) is 4.62. The summed E-state index contributed by atoms with van der Waals surface area (Å²) in [5.41, 5.74) is 0.685. The molecule has 1 fully saturated rings. The molecule has 2 unspecified atom stereocenters. The molecule has 210 valence electrons. The smallest absolute Gasteiger partial charge is 0.410 e. The topological polar surface area (TPSA) is 125 Å². The quantitative estimate of drug-likeness (QED) is 0.483. The van der Waals surface area contributed by atoms with Crippen LogP contribution < -0.4 is 5.32 Å². The molecule has 2 aromatic rings. The van der Waals surface area contributed by atoms with E-state index in [4.69, 9.17) is 21.1 Å². The lowest BCUT2D eigenvalue weighted by molar-refractivity contribution is -0.148. The lowest BCUT2D eigenvalue weighted by atomic mass is 10.0. The summed E-state index contributed by atoms with van der Waals surface area (Å²) in [6, 6.07) is 13.3. The molecule has 1 aliphatic rings. The number of nitrogens with one attached hydrogen (secondary N) is 1. The van der Waals surface area contributed by atoms with Gasteiger partial charge < -0.3 is 29.7 Å². The highest BCUT2D eigenvalue weighted by Crippen LogP contribution is 2.29. The predicted molar refractivity (Wildman–Crippen MR) is 144 cm³/mol. The van der Waals surface area contributed by atoms with Gasteiger partial charge in [0.1, 0.15) is 18.2 Å². The van der Waals surface area contributed by atoms with E-state index in [1.54, 1.807) is 45.0 Å². The van der Waals surface area contributed by atoms with E-state index in [2.05, 4.69) is 5.32 Å². The normalized spacial score (nSPS) is 17.7. The number of carbonyl (C=O) groups excluding carboxylic acids is 3. The first-order valence-corrected chi connectivity index (χ1v) is 12.9. The lowest BCUT2D eigenvalue weighted by Gasteiger charge is -2.32. The summed E-state index contributed by atoms with van der Waals surface area (Å²) in [5.74, 6) is -1.67. The zero-order valence-electron chi connectivity index (χ0n) is 22.4. The number of benzene rings is 2. The van der Waals surface area contributed by atoms with Crippen molar-refractivity contribution < 1.29 is 33.8 Å². The Bertz CT molecular complexity index is 1170. The van der Waals surface area contributed by atoms with Crippen LogP contribution in [0.25, 0.3) is 0 Å². The molecule has 3 amide bonds. The number of rotatable bonds is 8. The number of nitrogens with zero attached hydrogens (tertiary/aromatic N) is 2. The summed E-state index contributed by atoms with van der Waals surface area (Å²) in [6.07, 6.45) is -1.51. The molecule has 3 rings (SSSR count). The van der Waals surface area contributed by atoms with E-state index in [0.29, 0.717) is 10.6 Å². The van der Waals surface area contributed by atoms with Crippen LogP contribution in [0.4, 0.5) is 9.59 Å². The van der Waals surface area contributed by atoms with Gasteiger partial charge >= 0.3 is 18.2 Å². The Balaban J connectivity index is 1.71. The molecule has 0 spiro atoms. The second-order valence-electron chi connectivity index (χ2n) is 10.4. The summed E-state index contributed by atoms with van der Waals surface area (Å²) in [5, 5.41) is 13.0. The zero-order chi connectivity index (χ0) is 28.7. The van der Waals surface area contributed by atoms with Crippen LogP contribution in [0.2, 0.25) is 5.02 Å². The van der Waals surface area contributed by atoms with Gasteiger partial charge in [-0.2, -0.15) is 0 Å². The van der Waals surface area contributed by atoms with E-state index >= 15 is 0 Å². The number of carbonyl (C=O) groups is 4. The van der Waals surface area contributed by atoms with E-state index in [1.807, 2.05) is 30.3 Å². The standard InChI is InChI=1S/C28H34ClN3O7/c1-28(2,3)39-27(37)31(4)22(19-10-12-20(29)13-11-19)15-24(33)32-16-21(14-23(32)25(34)35)30-26(36)38-17-18-8-6-5-7-9-18/h5-13,21-23H,14-17H2,1-4H3,(H,30,36)(H,34,35)/t21?,22-,23?/m1/s1. The number of likely N-dealkylation sites (tertiary alicyclic amines) is 1. The van der Waals surface area contributed by atoms with Crippen LogP contribution >= 0.6 is 11.6 Å². The highest BCUT2D eigenvalue weighted by Gasteiger charge is 2.41. The van der Waals surface area contributed by atoms with Crippen molar-refractivity contribution in [2.24, 2.45) is 0 Å². The van der Waals surface area contributed by atoms with Crippen molar-refractivity contribution in [1.82, 2.24) is 15.1 Å². The Morgan fingerprint density at radius 1 is 1.10 bits per heavy atom. The highest BCUT2D eigenvalue weighted by atomic mass is 35.5. The van der Waals surface area contributed by atoms with Gasteiger partial charge in [0.05, 0.1) is 18.5 Å². The molecule has 11 heteroatoms. The average molecular weight is 560 g/mol. The summed E-state index contributed by atoms with van der Waals surface area (Å²) >= 11 is 6.03. The van der Waals surface area contributed by atoms with Gasteiger partial charge in [-0.25, -0.2) is 14.4 Å². The minimum absolute atomic E-state index is 0.0142. The second-order valence-corrected chi connectivity index (χ2v) is 10.8. The lowest BCUT2D eigenvalue weighted by Crippen LogP contribution is -2.44. The van der Waals surface area contributed by atoms with E-state index in [-0.39, 0.29) is 26.0 Å². The van der Waals surface area contributed by atoms with Gasteiger partial charge in [-0.05, 0) is 44.0 Å². The van der Waals surface area contributed by atoms with Gasteiger partial charge in [0, 0.05) is 25.0 Å². The van der Waals surface area contributed by atoms with Crippen LogP contribution in [0.5, 0.6) is 0 Å². The first-order chi connectivity index (χ1) is 18.3. The summed E-state index contributed by atoms with van der Waals surface area (Å²) in [7, 11) is 1.52. The third-order valence-electron chi connectivity index (χ3n) is 6.21. The first-order valence-electron chi connectivity index (χ1n) is 12.5. The highest BCUT2D eigenvalue weighted by molar-refractivity contribution is 6.30. The Morgan fingerprint density at radius 2 is 1.74 bits per heavy atom. The van der Waals surface area contributed by atoms with E-state index in [0.717, 1.165) is 5.56 Å². The van der Waals surface area contributed by atoms with Crippen LogP contribution in [0.15, 0.2) is 54.6 Å². The van der Waals surface area contributed by atoms with Crippen molar-refractivity contribution in [1.29, 1.82) is 0 Å². The Labute approximate surface area is 232 Å². The summed E-state index contributed by atoms with van der Waals surface area (Å²) in [4.78, 5) is 53.2. The fourth-order valence-electron chi connectivity index (χ4n) is 4.29. The van der Waals surface area contributed by atoms with E-state index in [9.17, 15) is 24.3 Å². The molecular formula is C28H34ClN3O7. The van der Waals surface area contributed by atoms with Crippen LogP contribution in [0, 0.1) is 0 Å². The van der Waals surface area contributed by atoms with Crippen LogP contribution in [-0.2, 0) is 25.7 Å². The van der Waals surface area contributed by atoms with Gasteiger partial charge in [-0.1, -0.05) is 54.1 Å². The van der Waals surface area contributed by atoms with Crippen molar-refractivity contribution in [2.75, 3.05) is 13.6 Å². The monoisotopic (exact) mass is 559 g/mol. The van der Waals surface area contributed by atoms with Gasteiger partial charge in [-0.15, -0.1) is 0 Å². The van der Waals surface area contributed by atoms with Crippen molar-refractivity contribution in [3.8, 4) is 0 Å². The number of aliphatic carboxylic acids is 1. The third-order valence-corrected chi connectivity index (χ3v) is 6.46.